The molecular weight excluding hydrogens is 184 g/mol. The second-order valence-electron chi connectivity index (χ2n) is 3.52. The van der Waals surface area contributed by atoms with E-state index in [0.717, 1.165) is 31.1 Å². The van der Waals surface area contributed by atoms with Crippen molar-refractivity contribution in [2.24, 2.45) is 0 Å². The van der Waals surface area contributed by atoms with Crippen molar-refractivity contribution < 1.29 is 5.11 Å². The highest BCUT2D eigenvalue weighted by Gasteiger charge is 2.20. The van der Waals surface area contributed by atoms with Gasteiger partial charge in [0.15, 0.2) is 0 Å². The number of aliphatic hydroxyl groups is 1. The average molecular weight is 198 g/mol. The Morgan fingerprint density at radius 3 is 3.15 bits per heavy atom. The molecule has 0 aliphatic carbocycles. The summed E-state index contributed by atoms with van der Waals surface area (Å²) in [5.74, 6) is 0. The molecule has 1 atom stereocenters. The first-order valence-electron chi connectivity index (χ1n) is 4.56. The second kappa shape index (κ2) is 3.74. The normalized spacial score (nSPS) is 24.0. The number of thiazole rings is 1. The largest absolute Gasteiger partial charge is 0.392 e. The lowest BCUT2D eigenvalue weighted by atomic mass is 10.3. The first kappa shape index (κ1) is 9.12. The number of nitrogens with zero attached hydrogens (tertiary/aromatic N) is 2. The maximum atomic E-state index is 9.33. The molecule has 4 heteroatoms. The van der Waals surface area contributed by atoms with Crippen LogP contribution in [0.1, 0.15) is 16.3 Å². The van der Waals surface area contributed by atoms with Gasteiger partial charge in [-0.1, -0.05) is 0 Å². The summed E-state index contributed by atoms with van der Waals surface area (Å²) in [6.07, 6.45) is 2.73. The van der Waals surface area contributed by atoms with Crippen molar-refractivity contribution in [3.63, 3.8) is 0 Å². The van der Waals surface area contributed by atoms with E-state index in [-0.39, 0.29) is 6.10 Å². The third kappa shape index (κ3) is 2.27. The summed E-state index contributed by atoms with van der Waals surface area (Å²) >= 11 is 1.74. The molecule has 0 unspecified atom stereocenters. The molecule has 1 aromatic rings. The second-order valence-corrected chi connectivity index (χ2v) is 4.84. The van der Waals surface area contributed by atoms with E-state index < -0.39 is 0 Å². The zero-order valence-corrected chi connectivity index (χ0v) is 8.55. The fourth-order valence-electron chi connectivity index (χ4n) is 1.65. The van der Waals surface area contributed by atoms with Crippen molar-refractivity contribution in [3.8, 4) is 0 Å². The Labute approximate surface area is 82.0 Å². The van der Waals surface area contributed by atoms with Crippen LogP contribution in [0.5, 0.6) is 0 Å². The summed E-state index contributed by atoms with van der Waals surface area (Å²) in [6, 6.07) is 0. The van der Waals surface area contributed by atoms with Crippen molar-refractivity contribution in [3.05, 3.63) is 16.1 Å². The standard InChI is InChI=1S/C9H14N2OS/c1-7-10-4-9(13-7)6-11-3-2-8(12)5-11/h4,8,12H,2-3,5-6H2,1H3/t8-/m0/s1. The highest BCUT2D eigenvalue weighted by Crippen LogP contribution is 2.17. The van der Waals surface area contributed by atoms with Gasteiger partial charge in [-0.05, 0) is 13.3 Å². The Hall–Kier alpha value is -0.450. The van der Waals surface area contributed by atoms with Gasteiger partial charge in [0.1, 0.15) is 0 Å². The molecule has 0 spiro atoms. The van der Waals surface area contributed by atoms with E-state index in [0.29, 0.717) is 0 Å². The topological polar surface area (TPSA) is 36.4 Å². The van der Waals surface area contributed by atoms with E-state index in [1.165, 1.54) is 4.88 Å². The van der Waals surface area contributed by atoms with Crippen LogP contribution in [0.25, 0.3) is 0 Å². The Bertz CT molecular complexity index is 287. The van der Waals surface area contributed by atoms with Crippen molar-refractivity contribution in [1.82, 2.24) is 9.88 Å². The number of aromatic nitrogens is 1. The molecule has 2 rings (SSSR count). The van der Waals surface area contributed by atoms with Crippen LogP contribution < -0.4 is 0 Å². The van der Waals surface area contributed by atoms with Crippen LogP contribution in [0.15, 0.2) is 6.20 Å². The fraction of sp³-hybridized carbons (Fsp3) is 0.667. The van der Waals surface area contributed by atoms with Gasteiger partial charge < -0.3 is 5.11 Å². The molecule has 0 amide bonds. The number of hydrogen-bond acceptors (Lipinski definition) is 4. The van der Waals surface area contributed by atoms with Crippen LogP contribution in [-0.4, -0.2) is 34.2 Å². The molecule has 0 saturated carbocycles. The van der Waals surface area contributed by atoms with E-state index in [9.17, 15) is 5.11 Å². The number of aliphatic hydroxyl groups excluding tert-OH is 1. The summed E-state index contributed by atoms with van der Waals surface area (Å²) in [5, 5.41) is 10.4. The van der Waals surface area contributed by atoms with E-state index in [1.54, 1.807) is 11.3 Å². The number of hydrogen-bond donors (Lipinski definition) is 1. The molecule has 0 bridgehead atoms. The Kier molecular flexibility index (Phi) is 2.62. The molecule has 1 aliphatic rings. The Balaban J connectivity index is 1.91. The predicted octanol–water partition coefficient (Wildman–Crippen LogP) is 1.02. The highest BCUT2D eigenvalue weighted by molar-refractivity contribution is 7.11. The third-order valence-corrected chi connectivity index (χ3v) is 3.19. The highest BCUT2D eigenvalue weighted by atomic mass is 32.1. The fourth-order valence-corrected chi connectivity index (χ4v) is 2.49. The predicted molar refractivity (Wildman–Crippen MR) is 52.8 cm³/mol. The smallest absolute Gasteiger partial charge is 0.0897 e. The minimum Gasteiger partial charge on any atom is -0.392 e. The van der Waals surface area contributed by atoms with Gasteiger partial charge in [-0.3, -0.25) is 4.90 Å². The summed E-state index contributed by atoms with van der Waals surface area (Å²) in [7, 11) is 0. The van der Waals surface area contributed by atoms with Crippen LogP contribution in [0, 0.1) is 6.92 Å². The lowest BCUT2D eigenvalue weighted by Gasteiger charge is -2.12. The van der Waals surface area contributed by atoms with Gasteiger partial charge in [-0.15, -0.1) is 11.3 Å². The average Bonchev–Trinajstić information content (AvgIpc) is 2.62. The molecule has 1 saturated heterocycles. The van der Waals surface area contributed by atoms with Gasteiger partial charge in [-0.2, -0.15) is 0 Å². The molecule has 72 valence electrons. The van der Waals surface area contributed by atoms with Gasteiger partial charge in [0.25, 0.3) is 0 Å². The molecule has 0 aromatic carbocycles. The van der Waals surface area contributed by atoms with E-state index >= 15 is 0 Å². The lowest BCUT2D eigenvalue weighted by molar-refractivity contribution is 0.175. The molecule has 1 aromatic heterocycles. The molecule has 1 N–H and O–H groups in total. The van der Waals surface area contributed by atoms with Crippen LogP contribution in [-0.2, 0) is 6.54 Å². The maximum absolute atomic E-state index is 9.33. The Morgan fingerprint density at radius 1 is 1.77 bits per heavy atom. The van der Waals surface area contributed by atoms with Crippen molar-refractivity contribution >= 4 is 11.3 Å². The van der Waals surface area contributed by atoms with Crippen LogP contribution >= 0.6 is 11.3 Å². The minimum atomic E-state index is -0.117. The zero-order chi connectivity index (χ0) is 9.26. The van der Waals surface area contributed by atoms with E-state index in [1.807, 2.05) is 13.1 Å². The molecule has 0 radical (unpaired) electrons. The number of likely N-dealkylation sites (tertiary alicyclic amines) is 1. The SMILES string of the molecule is Cc1ncc(CN2CC[C@H](O)C2)s1. The van der Waals surface area contributed by atoms with Crippen LogP contribution in [0.4, 0.5) is 0 Å². The number of rotatable bonds is 2. The molecule has 1 fully saturated rings. The van der Waals surface area contributed by atoms with Gasteiger partial charge >= 0.3 is 0 Å². The minimum absolute atomic E-state index is 0.117. The molecule has 13 heavy (non-hydrogen) atoms. The first-order valence-corrected chi connectivity index (χ1v) is 5.37. The van der Waals surface area contributed by atoms with E-state index in [2.05, 4.69) is 9.88 Å². The van der Waals surface area contributed by atoms with E-state index in [4.69, 9.17) is 0 Å². The third-order valence-electron chi connectivity index (χ3n) is 2.30. The van der Waals surface area contributed by atoms with Gasteiger partial charge in [0.05, 0.1) is 11.1 Å². The lowest BCUT2D eigenvalue weighted by Crippen LogP contribution is -2.20. The van der Waals surface area contributed by atoms with Gasteiger partial charge in [-0.25, -0.2) is 4.98 Å². The monoisotopic (exact) mass is 198 g/mol. The van der Waals surface area contributed by atoms with Crippen LogP contribution in [0.2, 0.25) is 0 Å². The summed E-state index contributed by atoms with van der Waals surface area (Å²) < 4.78 is 0. The summed E-state index contributed by atoms with van der Waals surface area (Å²) in [6.45, 7) is 4.80. The summed E-state index contributed by atoms with van der Waals surface area (Å²) in [5.41, 5.74) is 0. The first-order chi connectivity index (χ1) is 6.24. The molecule has 2 heterocycles. The molecule has 1 aliphatic heterocycles. The zero-order valence-electron chi connectivity index (χ0n) is 7.73. The van der Waals surface area contributed by atoms with Crippen LogP contribution in [0.3, 0.4) is 0 Å². The van der Waals surface area contributed by atoms with Crippen molar-refractivity contribution in [1.29, 1.82) is 0 Å². The van der Waals surface area contributed by atoms with Gasteiger partial charge in [0, 0.05) is 30.7 Å². The number of aryl methyl sites for hydroxylation is 1. The quantitative estimate of drug-likeness (QED) is 0.770. The van der Waals surface area contributed by atoms with Gasteiger partial charge in [0.2, 0.25) is 0 Å². The Morgan fingerprint density at radius 2 is 2.62 bits per heavy atom. The van der Waals surface area contributed by atoms with Crippen molar-refractivity contribution in [2.45, 2.75) is 26.0 Å². The number of β-amino-alcohol motifs (C(OH)–C–C–N with tert-alkyl or cyclic N) is 1. The maximum Gasteiger partial charge on any atom is 0.0897 e. The summed E-state index contributed by atoms with van der Waals surface area (Å²) in [4.78, 5) is 7.78. The molecule has 3 nitrogen and oxygen atoms in total. The molecular formula is C9H14N2OS. The van der Waals surface area contributed by atoms with Crippen molar-refractivity contribution in [2.75, 3.05) is 13.1 Å².